The van der Waals surface area contributed by atoms with E-state index >= 15 is 0 Å². The lowest BCUT2D eigenvalue weighted by Gasteiger charge is -2.50. The van der Waals surface area contributed by atoms with Crippen LogP contribution >= 0.6 is 0 Å². The average Bonchev–Trinajstić information content (AvgIpc) is 3.38. The summed E-state index contributed by atoms with van der Waals surface area (Å²) in [4.78, 5) is 24.6. The fourth-order valence-corrected chi connectivity index (χ4v) is 6.62. The maximum absolute atomic E-state index is 11.5. The molecule has 0 aliphatic carbocycles. The SMILES string of the molecule is CC(C)(C)C1CC(n2nc(-c3ccc(Oc4ccccc4)cc3)c3c(N)ncnc32)CCN1C1CCN(C(=O)O)CC1. The number of nitrogen functional groups attached to an aromatic ring is 1. The number of aromatic nitrogens is 4. The van der Waals surface area contributed by atoms with Gasteiger partial charge < -0.3 is 20.5 Å². The Hall–Kier alpha value is -4.18. The van der Waals surface area contributed by atoms with Crippen molar-refractivity contribution in [2.45, 2.75) is 64.6 Å². The molecular weight excluding hydrogens is 530 g/mol. The van der Waals surface area contributed by atoms with Crippen LogP contribution in [-0.2, 0) is 0 Å². The van der Waals surface area contributed by atoms with Gasteiger partial charge >= 0.3 is 6.09 Å². The number of benzene rings is 2. The molecular formula is C32H39N7O3. The number of para-hydroxylation sites is 1. The van der Waals surface area contributed by atoms with Gasteiger partial charge in [-0.3, -0.25) is 4.90 Å². The zero-order chi connectivity index (χ0) is 29.4. The minimum atomic E-state index is -0.819. The Morgan fingerprint density at radius 3 is 2.26 bits per heavy atom. The smallest absolute Gasteiger partial charge is 0.407 e. The predicted molar refractivity (Wildman–Crippen MR) is 163 cm³/mol. The Kier molecular flexibility index (Phi) is 7.49. The van der Waals surface area contributed by atoms with Gasteiger partial charge in [0, 0.05) is 37.3 Å². The van der Waals surface area contributed by atoms with Gasteiger partial charge in [-0.15, -0.1) is 0 Å². The van der Waals surface area contributed by atoms with Crippen LogP contribution in [0.3, 0.4) is 0 Å². The predicted octanol–water partition coefficient (Wildman–Crippen LogP) is 6.06. The van der Waals surface area contributed by atoms with E-state index in [4.69, 9.17) is 15.6 Å². The molecule has 2 aliphatic rings. The lowest BCUT2D eigenvalue weighted by molar-refractivity contribution is -0.0114. The van der Waals surface area contributed by atoms with Gasteiger partial charge in [0.15, 0.2) is 5.65 Å². The van der Waals surface area contributed by atoms with Crippen molar-refractivity contribution in [3.63, 3.8) is 0 Å². The van der Waals surface area contributed by atoms with Gasteiger partial charge in [-0.05, 0) is 67.5 Å². The number of carboxylic acid groups (broad SMARTS) is 1. The van der Waals surface area contributed by atoms with E-state index in [-0.39, 0.29) is 11.5 Å². The Morgan fingerprint density at radius 1 is 0.929 bits per heavy atom. The first-order valence-electron chi connectivity index (χ1n) is 14.7. The van der Waals surface area contributed by atoms with Crippen molar-refractivity contribution in [2.75, 3.05) is 25.4 Å². The van der Waals surface area contributed by atoms with E-state index < -0.39 is 6.09 Å². The fourth-order valence-electron chi connectivity index (χ4n) is 6.62. The van der Waals surface area contributed by atoms with Crippen molar-refractivity contribution in [3.8, 4) is 22.8 Å². The molecule has 0 radical (unpaired) electrons. The second kappa shape index (κ2) is 11.2. The van der Waals surface area contributed by atoms with Gasteiger partial charge in [0.1, 0.15) is 29.3 Å². The molecule has 6 rings (SSSR count). The van der Waals surface area contributed by atoms with E-state index in [1.807, 2.05) is 54.6 Å². The third kappa shape index (κ3) is 5.51. The molecule has 0 bridgehead atoms. The van der Waals surface area contributed by atoms with Crippen LogP contribution in [0, 0.1) is 5.41 Å². The maximum Gasteiger partial charge on any atom is 0.407 e. The number of nitrogens with two attached hydrogens (primary N) is 1. The molecule has 2 unspecified atom stereocenters. The second-order valence-electron chi connectivity index (χ2n) is 12.5. The molecule has 2 aromatic heterocycles. The number of fused-ring (bicyclic) bond motifs is 1. The highest BCUT2D eigenvalue weighted by Gasteiger charge is 2.41. The number of ether oxygens (including phenoxy) is 1. The number of likely N-dealkylation sites (tertiary alicyclic amines) is 2. The average molecular weight is 570 g/mol. The summed E-state index contributed by atoms with van der Waals surface area (Å²) in [5.74, 6) is 1.94. The van der Waals surface area contributed by atoms with E-state index in [0.29, 0.717) is 31.0 Å². The summed E-state index contributed by atoms with van der Waals surface area (Å²) in [5.41, 5.74) is 8.92. The maximum atomic E-state index is 11.5. The molecule has 0 spiro atoms. The number of rotatable bonds is 5. The molecule has 10 nitrogen and oxygen atoms in total. The Bertz CT molecular complexity index is 1540. The summed E-state index contributed by atoms with van der Waals surface area (Å²) >= 11 is 0. The van der Waals surface area contributed by atoms with Crippen LogP contribution in [0.15, 0.2) is 60.9 Å². The van der Waals surface area contributed by atoms with Crippen molar-refractivity contribution >= 4 is 22.9 Å². The molecule has 10 heteroatoms. The third-order valence-electron chi connectivity index (χ3n) is 8.79. The van der Waals surface area contributed by atoms with Gasteiger partial charge in [-0.25, -0.2) is 19.4 Å². The highest BCUT2D eigenvalue weighted by atomic mass is 16.5. The summed E-state index contributed by atoms with van der Waals surface area (Å²) in [6, 6.07) is 18.4. The Morgan fingerprint density at radius 2 is 1.60 bits per heavy atom. The van der Waals surface area contributed by atoms with Crippen LogP contribution in [0.1, 0.15) is 52.5 Å². The quantitative estimate of drug-likeness (QED) is 0.297. The van der Waals surface area contributed by atoms with Crippen molar-refractivity contribution in [1.29, 1.82) is 0 Å². The minimum Gasteiger partial charge on any atom is -0.465 e. The van der Waals surface area contributed by atoms with E-state index in [0.717, 1.165) is 66.0 Å². The van der Waals surface area contributed by atoms with Crippen LogP contribution in [0.5, 0.6) is 11.5 Å². The highest BCUT2D eigenvalue weighted by Crippen LogP contribution is 2.41. The molecule has 1 amide bonds. The zero-order valence-corrected chi connectivity index (χ0v) is 24.5. The van der Waals surface area contributed by atoms with Crippen molar-refractivity contribution in [1.82, 2.24) is 29.5 Å². The highest BCUT2D eigenvalue weighted by molar-refractivity contribution is 5.98. The van der Waals surface area contributed by atoms with Crippen LogP contribution < -0.4 is 10.5 Å². The Labute approximate surface area is 246 Å². The van der Waals surface area contributed by atoms with Gasteiger partial charge in [0.25, 0.3) is 0 Å². The number of amides is 1. The molecule has 2 aliphatic heterocycles. The Balaban J connectivity index is 1.28. The van der Waals surface area contributed by atoms with Crippen molar-refractivity contribution in [3.05, 3.63) is 60.9 Å². The fraction of sp³-hybridized carbons (Fsp3) is 0.438. The van der Waals surface area contributed by atoms with E-state index in [9.17, 15) is 9.90 Å². The van der Waals surface area contributed by atoms with Crippen molar-refractivity contribution < 1.29 is 14.6 Å². The van der Waals surface area contributed by atoms with Gasteiger partial charge in [0.2, 0.25) is 0 Å². The number of anilines is 1. The molecule has 42 heavy (non-hydrogen) atoms. The lowest BCUT2D eigenvalue weighted by atomic mass is 9.77. The summed E-state index contributed by atoms with van der Waals surface area (Å²) in [6.07, 6.45) is 4.28. The summed E-state index contributed by atoms with van der Waals surface area (Å²) < 4.78 is 8.06. The first-order chi connectivity index (χ1) is 20.2. The number of carbonyl (C=O) groups is 1. The number of nitrogens with zero attached hydrogens (tertiary/aromatic N) is 6. The topological polar surface area (TPSA) is 123 Å². The van der Waals surface area contributed by atoms with E-state index in [1.54, 1.807) is 0 Å². The first kappa shape index (κ1) is 28.0. The van der Waals surface area contributed by atoms with E-state index in [2.05, 4.69) is 40.3 Å². The molecule has 0 saturated carbocycles. The van der Waals surface area contributed by atoms with E-state index in [1.165, 1.54) is 11.2 Å². The molecule has 220 valence electrons. The molecule has 2 fully saturated rings. The van der Waals surface area contributed by atoms with Gasteiger partial charge in [-0.2, -0.15) is 5.10 Å². The molecule has 2 saturated heterocycles. The number of hydrogen-bond acceptors (Lipinski definition) is 7. The van der Waals surface area contributed by atoms with Crippen LogP contribution in [0.2, 0.25) is 0 Å². The van der Waals surface area contributed by atoms with Crippen LogP contribution in [0.25, 0.3) is 22.3 Å². The first-order valence-corrected chi connectivity index (χ1v) is 14.7. The van der Waals surface area contributed by atoms with Gasteiger partial charge in [0.05, 0.1) is 11.4 Å². The largest absolute Gasteiger partial charge is 0.465 e. The lowest BCUT2D eigenvalue weighted by Crippen LogP contribution is -2.56. The normalized spacial score (nSPS) is 20.6. The van der Waals surface area contributed by atoms with Crippen LogP contribution in [-0.4, -0.2) is 72.5 Å². The zero-order valence-electron chi connectivity index (χ0n) is 24.5. The standard InChI is InChI=1S/C32H39N7O3/c1-32(2,3)26-19-23(15-18-38(26)22-13-16-37(17-14-22)31(40)41)39-30-27(29(33)34-20-35-30)28(36-39)21-9-11-25(12-10-21)42-24-7-5-4-6-8-24/h4-12,20,22-23,26H,13-19H2,1-3H3,(H,40,41)(H2,33,34,35). The summed E-state index contributed by atoms with van der Waals surface area (Å²) in [7, 11) is 0. The molecule has 2 atom stereocenters. The van der Waals surface area contributed by atoms with Crippen molar-refractivity contribution in [2.24, 2.45) is 5.41 Å². The third-order valence-corrected chi connectivity index (χ3v) is 8.79. The summed E-state index contributed by atoms with van der Waals surface area (Å²) in [6.45, 7) is 9.00. The molecule has 4 aromatic rings. The molecule has 3 N–H and O–H groups in total. The minimum absolute atomic E-state index is 0.0387. The number of piperidine rings is 2. The summed E-state index contributed by atoms with van der Waals surface area (Å²) in [5, 5.41) is 15.3. The number of hydrogen-bond donors (Lipinski definition) is 2. The molecule has 2 aromatic carbocycles. The van der Waals surface area contributed by atoms with Gasteiger partial charge in [-0.1, -0.05) is 39.0 Å². The molecule has 4 heterocycles. The monoisotopic (exact) mass is 569 g/mol. The second-order valence-corrected chi connectivity index (χ2v) is 12.5. The van der Waals surface area contributed by atoms with Crippen LogP contribution in [0.4, 0.5) is 10.6 Å².